The predicted molar refractivity (Wildman–Crippen MR) is 47.7 cm³/mol. The van der Waals surface area contributed by atoms with Gasteiger partial charge >= 0.3 is 12.1 Å². The number of alkyl halides is 5. The summed E-state index contributed by atoms with van der Waals surface area (Å²) in [5, 5.41) is 0. The molecule has 0 fully saturated rings. The van der Waals surface area contributed by atoms with Gasteiger partial charge in [-0.25, -0.2) is 16.8 Å². The fourth-order valence-corrected chi connectivity index (χ4v) is 3.06. The van der Waals surface area contributed by atoms with Crippen LogP contribution in [0, 0.1) is 0 Å². The van der Waals surface area contributed by atoms with Crippen molar-refractivity contribution in [3.8, 4) is 0 Å². The number of halogens is 5. The SMILES string of the molecule is C=CCS(=O)(=O)N=S(=O)(OC(F)F)C(F)(F)F. The van der Waals surface area contributed by atoms with Gasteiger partial charge < -0.3 is 0 Å². The van der Waals surface area contributed by atoms with Crippen LogP contribution in [0.25, 0.3) is 0 Å². The first-order valence-corrected chi connectivity index (χ1v) is 6.63. The van der Waals surface area contributed by atoms with Crippen molar-refractivity contribution in [1.29, 1.82) is 0 Å². The first-order chi connectivity index (χ1) is 7.43. The maximum Gasteiger partial charge on any atom is 0.505 e. The lowest BCUT2D eigenvalue weighted by atomic mass is 10.8. The molecule has 0 N–H and O–H groups in total. The molecule has 0 aromatic carbocycles. The van der Waals surface area contributed by atoms with Gasteiger partial charge in [0, 0.05) is 0 Å². The average molecular weight is 303 g/mol. The zero-order chi connectivity index (χ0) is 13.9. The molecule has 12 heteroatoms. The van der Waals surface area contributed by atoms with Crippen LogP contribution in [0.2, 0.25) is 0 Å². The van der Waals surface area contributed by atoms with Crippen molar-refractivity contribution in [2.45, 2.75) is 12.1 Å². The van der Waals surface area contributed by atoms with E-state index in [4.69, 9.17) is 0 Å². The van der Waals surface area contributed by atoms with E-state index < -0.39 is 37.9 Å². The first-order valence-electron chi connectivity index (χ1n) is 3.58. The molecular weight excluding hydrogens is 297 g/mol. The summed E-state index contributed by atoms with van der Waals surface area (Å²) in [4.78, 5) is 0. The summed E-state index contributed by atoms with van der Waals surface area (Å²) in [6, 6.07) is 0. The van der Waals surface area contributed by atoms with Crippen LogP contribution in [0.1, 0.15) is 0 Å². The monoisotopic (exact) mass is 303 g/mol. The van der Waals surface area contributed by atoms with Gasteiger partial charge in [0.1, 0.15) is 0 Å². The molecule has 5 nitrogen and oxygen atoms in total. The van der Waals surface area contributed by atoms with Crippen LogP contribution in [0.15, 0.2) is 16.4 Å². The fourth-order valence-electron chi connectivity index (χ4n) is 0.542. The minimum absolute atomic E-state index is 0.650. The van der Waals surface area contributed by atoms with Crippen molar-refractivity contribution in [3.63, 3.8) is 0 Å². The van der Waals surface area contributed by atoms with Crippen LogP contribution >= 0.6 is 0 Å². The number of hydrogen-bond donors (Lipinski definition) is 0. The van der Waals surface area contributed by atoms with E-state index in [9.17, 15) is 34.6 Å². The third-order valence-corrected chi connectivity index (χ3v) is 4.38. The molecule has 0 heterocycles. The van der Waals surface area contributed by atoms with Crippen molar-refractivity contribution < 1.29 is 38.8 Å². The van der Waals surface area contributed by atoms with Gasteiger partial charge in [-0.05, 0) is 0 Å². The molecule has 17 heavy (non-hydrogen) atoms. The molecule has 0 radical (unpaired) electrons. The minimum Gasteiger partial charge on any atom is -0.211 e. The lowest BCUT2D eigenvalue weighted by Crippen LogP contribution is -2.28. The van der Waals surface area contributed by atoms with Gasteiger partial charge in [-0.2, -0.15) is 22.0 Å². The Bertz CT molecular complexity index is 487. The Labute approximate surface area is 93.7 Å². The predicted octanol–water partition coefficient (Wildman–Crippen LogP) is 1.64. The van der Waals surface area contributed by atoms with Crippen LogP contribution in [0.4, 0.5) is 22.0 Å². The van der Waals surface area contributed by atoms with Gasteiger partial charge in [-0.3, -0.25) is 0 Å². The first kappa shape index (κ1) is 16.2. The second-order valence-corrected chi connectivity index (χ2v) is 6.09. The summed E-state index contributed by atoms with van der Waals surface area (Å²) in [7, 11) is -10.9. The second kappa shape index (κ2) is 5.27. The summed E-state index contributed by atoms with van der Waals surface area (Å²) >= 11 is 0. The molecule has 0 aromatic rings. The van der Waals surface area contributed by atoms with E-state index >= 15 is 0 Å². The molecule has 1 atom stereocenters. The largest absolute Gasteiger partial charge is 0.505 e. The zero-order valence-corrected chi connectivity index (χ0v) is 9.49. The van der Waals surface area contributed by atoms with Crippen LogP contribution in [-0.4, -0.2) is 30.5 Å². The highest BCUT2D eigenvalue weighted by Gasteiger charge is 2.48. The standard InChI is InChI=1S/C5H6F5NO4S2/c1-2-3-16(12,13)11-17(14,5(8,9)10)15-4(6)7/h2,4H,1,3H2. The quantitative estimate of drug-likeness (QED) is 0.572. The van der Waals surface area contributed by atoms with Gasteiger partial charge in [0.15, 0.2) is 0 Å². The highest BCUT2D eigenvalue weighted by atomic mass is 32.3. The third kappa shape index (κ3) is 4.95. The van der Waals surface area contributed by atoms with E-state index in [0.717, 1.165) is 0 Å². The Balaban J connectivity index is 5.75. The van der Waals surface area contributed by atoms with Gasteiger partial charge in [-0.1, -0.05) is 9.84 Å². The lowest BCUT2D eigenvalue weighted by molar-refractivity contribution is -0.0854. The van der Waals surface area contributed by atoms with Crippen molar-refractivity contribution in [2.24, 2.45) is 3.77 Å². The molecule has 0 aromatic heterocycles. The normalized spacial score (nSPS) is 16.6. The summed E-state index contributed by atoms with van der Waals surface area (Å²) < 4.78 is 96.8. The van der Waals surface area contributed by atoms with E-state index in [1.807, 2.05) is 3.77 Å². The molecule has 1 unspecified atom stereocenters. The lowest BCUT2D eigenvalue weighted by Gasteiger charge is -2.12. The minimum atomic E-state index is -6.05. The Morgan fingerprint density at radius 1 is 1.29 bits per heavy atom. The van der Waals surface area contributed by atoms with Crippen LogP contribution < -0.4 is 0 Å². The highest BCUT2D eigenvalue weighted by Crippen LogP contribution is 2.29. The fraction of sp³-hybridized carbons (Fsp3) is 0.600. The van der Waals surface area contributed by atoms with Gasteiger partial charge in [-0.15, -0.1) is 6.58 Å². The second-order valence-electron chi connectivity index (χ2n) is 2.39. The zero-order valence-electron chi connectivity index (χ0n) is 7.86. The van der Waals surface area contributed by atoms with E-state index in [-0.39, 0.29) is 0 Å². The van der Waals surface area contributed by atoms with Crippen molar-refractivity contribution >= 4 is 20.0 Å². The van der Waals surface area contributed by atoms with E-state index in [0.29, 0.717) is 6.08 Å². The summed E-state index contributed by atoms with van der Waals surface area (Å²) in [6.45, 7) is -1.19. The van der Waals surface area contributed by atoms with E-state index in [2.05, 4.69) is 10.8 Å². The van der Waals surface area contributed by atoms with Crippen LogP contribution in [0.3, 0.4) is 0 Å². The summed E-state index contributed by atoms with van der Waals surface area (Å²) in [5.41, 5.74) is -5.86. The van der Waals surface area contributed by atoms with Crippen molar-refractivity contribution in [3.05, 3.63) is 12.7 Å². The van der Waals surface area contributed by atoms with Gasteiger partial charge in [0.25, 0.3) is 20.0 Å². The Morgan fingerprint density at radius 3 is 2.06 bits per heavy atom. The Kier molecular flexibility index (Phi) is 5.03. The van der Waals surface area contributed by atoms with Crippen molar-refractivity contribution in [2.75, 3.05) is 5.75 Å². The highest BCUT2D eigenvalue weighted by molar-refractivity contribution is 8.01. The molecule has 0 aliphatic carbocycles. The Hall–Kier alpha value is -0.750. The molecule has 0 spiro atoms. The molecule has 0 saturated heterocycles. The number of rotatable bonds is 5. The molecule has 0 rings (SSSR count). The Morgan fingerprint density at radius 2 is 1.76 bits per heavy atom. The third-order valence-electron chi connectivity index (χ3n) is 1.04. The van der Waals surface area contributed by atoms with Crippen LogP contribution in [-0.2, 0) is 24.2 Å². The molecule has 0 aliphatic rings. The molecular formula is C5H6F5NO4S2. The smallest absolute Gasteiger partial charge is 0.211 e. The summed E-state index contributed by atoms with van der Waals surface area (Å²) in [5.74, 6) is -1.09. The number of nitrogens with zero attached hydrogens (tertiary/aromatic N) is 1. The molecule has 0 aliphatic heterocycles. The summed E-state index contributed by atoms with van der Waals surface area (Å²) in [6.07, 6.45) is 0.650. The van der Waals surface area contributed by atoms with Gasteiger partial charge in [0.2, 0.25) is 0 Å². The van der Waals surface area contributed by atoms with Crippen molar-refractivity contribution in [1.82, 2.24) is 0 Å². The van der Waals surface area contributed by atoms with E-state index in [1.165, 1.54) is 0 Å². The molecule has 0 saturated carbocycles. The van der Waals surface area contributed by atoms with E-state index in [1.54, 1.807) is 0 Å². The maximum atomic E-state index is 12.1. The molecule has 0 amide bonds. The molecule has 102 valence electrons. The number of hydrogen-bond acceptors (Lipinski definition) is 4. The topological polar surface area (TPSA) is 72.8 Å². The number of sulfonamides is 1. The van der Waals surface area contributed by atoms with Crippen LogP contribution in [0.5, 0.6) is 0 Å². The average Bonchev–Trinajstić information content (AvgIpc) is 1.97. The maximum absolute atomic E-state index is 12.1. The van der Waals surface area contributed by atoms with Gasteiger partial charge in [0.05, 0.1) is 5.75 Å². The molecule has 0 bridgehead atoms.